The van der Waals surface area contributed by atoms with Crippen LogP contribution in [0, 0.1) is 5.92 Å². The standard InChI is InChI=1S/C10H19NO3/c12-10(8-1-2-8)6-11-5-9-3-4-13-7-14-9/h8-12H,1-7H2. The van der Waals surface area contributed by atoms with E-state index in [0.29, 0.717) is 19.3 Å². The Bertz CT molecular complexity index is 167. The van der Waals surface area contributed by atoms with Crippen LogP contribution >= 0.6 is 0 Å². The summed E-state index contributed by atoms with van der Waals surface area (Å²) in [5.74, 6) is 0.554. The smallest absolute Gasteiger partial charge is 0.147 e. The van der Waals surface area contributed by atoms with E-state index in [-0.39, 0.29) is 12.2 Å². The van der Waals surface area contributed by atoms with E-state index in [1.807, 2.05) is 0 Å². The molecule has 2 atom stereocenters. The van der Waals surface area contributed by atoms with E-state index in [4.69, 9.17) is 9.47 Å². The summed E-state index contributed by atoms with van der Waals surface area (Å²) in [6, 6.07) is 0. The summed E-state index contributed by atoms with van der Waals surface area (Å²) in [4.78, 5) is 0. The van der Waals surface area contributed by atoms with Gasteiger partial charge in [0.25, 0.3) is 0 Å². The SMILES string of the molecule is OC(CNCC1CCOCO1)C1CC1. The Morgan fingerprint density at radius 3 is 2.86 bits per heavy atom. The number of ether oxygens (including phenoxy) is 2. The van der Waals surface area contributed by atoms with E-state index in [9.17, 15) is 5.11 Å². The Morgan fingerprint density at radius 2 is 2.21 bits per heavy atom. The van der Waals surface area contributed by atoms with Gasteiger partial charge >= 0.3 is 0 Å². The quantitative estimate of drug-likeness (QED) is 0.663. The molecule has 2 aliphatic rings. The summed E-state index contributed by atoms with van der Waals surface area (Å²) in [6.07, 6.45) is 3.43. The minimum absolute atomic E-state index is 0.158. The van der Waals surface area contributed by atoms with E-state index in [1.165, 1.54) is 12.8 Å². The lowest BCUT2D eigenvalue weighted by molar-refractivity contribution is -0.137. The van der Waals surface area contributed by atoms with Gasteiger partial charge in [-0.1, -0.05) is 0 Å². The zero-order valence-electron chi connectivity index (χ0n) is 8.45. The molecule has 0 aromatic heterocycles. The largest absolute Gasteiger partial charge is 0.392 e. The molecule has 2 unspecified atom stereocenters. The van der Waals surface area contributed by atoms with Gasteiger partial charge in [-0.05, 0) is 25.2 Å². The molecule has 0 radical (unpaired) electrons. The summed E-state index contributed by atoms with van der Waals surface area (Å²) in [6.45, 7) is 2.73. The minimum Gasteiger partial charge on any atom is -0.392 e. The highest BCUT2D eigenvalue weighted by Crippen LogP contribution is 2.32. The van der Waals surface area contributed by atoms with Gasteiger partial charge in [-0.3, -0.25) is 0 Å². The maximum Gasteiger partial charge on any atom is 0.147 e. The fourth-order valence-electron chi connectivity index (χ4n) is 1.70. The number of aliphatic hydroxyl groups is 1. The molecule has 2 N–H and O–H groups in total. The zero-order chi connectivity index (χ0) is 9.80. The van der Waals surface area contributed by atoms with Crippen molar-refractivity contribution in [3.05, 3.63) is 0 Å². The van der Waals surface area contributed by atoms with Crippen LogP contribution in [-0.4, -0.2) is 43.8 Å². The fourth-order valence-corrected chi connectivity index (χ4v) is 1.70. The molecule has 0 aromatic rings. The minimum atomic E-state index is -0.158. The molecule has 4 heteroatoms. The summed E-state index contributed by atoms with van der Waals surface area (Å²) in [7, 11) is 0. The second-order valence-corrected chi connectivity index (χ2v) is 4.17. The van der Waals surface area contributed by atoms with Crippen LogP contribution in [0.25, 0.3) is 0 Å². The average Bonchev–Trinajstić information content (AvgIpc) is 3.02. The van der Waals surface area contributed by atoms with Crippen molar-refractivity contribution in [3.8, 4) is 0 Å². The lowest BCUT2D eigenvalue weighted by Crippen LogP contribution is -2.37. The van der Waals surface area contributed by atoms with Crippen molar-refractivity contribution < 1.29 is 14.6 Å². The molecule has 14 heavy (non-hydrogen) atoms. The second-order valence-electron chi connectivity index (χ2n) is 4.17. The molecule has 0 spiro atoms. The van der Waals surface area contributed by atoms with Crippen molar-refractivity contribution in [1.82, 2.24) is 5.32 Å². The first-order chi connectivity index (χ1) is 6.86. The number of rotatable bonds is 5. The van der Waals surface area contributed by atoms with Crippen LogP contribution in [0.4, 0.5) is 0 Å². The van der Waals surface area contributed by atoms with Crippen molar-refractivity contribution in [2.24, 2.45) is 5.92 Å². The maximum atomic E-state index is 9.59. The van der Waals surface area contributed by atoms with Crippen molar-refractivity contribution >= 4 is 0 Å². The summed E-state index contributed by atoms with van der Waals surface area (Å²) < 4.78 is 10.4. The van der Waals surface area contributed by atoms with Crippen LogP contribution < -0.4 is 5.32 Å². The van der Waals surface area contributed by atoms with Gasteiger partial charge in [-0.15, -0.1) is 0 Å². The molecule has 82 valence electrons. The number of nitrogens with one attached hydrogen (secondary N) is 1. The van der Waals surface area contributed by atoms with Crippen molar-refractivity contribution in [2.75, 3.05) is 26.5 Å². The van der Waals surface area contributed by atoms with E-state index >= 15 is 0 Å². The zero-order valence-corrected chi connectivity index (χ0v) is 8.45. The Hall–Kier alpha value is -0.160. The molecule has 1 aliphatic heterocycles. The Kier molecular flexibility index (Phi) is 3.75. The molecule has 2 rings (SSSR count). The van der Waals surface area contributed by atoms with Gasteiger partial charge in [-0.2, -0.15) is 0 Å². The molecular formula is C10H19NO3. The van der Waals surface area contributed by atoms with Crippen molar-refractivity contribution in [2.45, 2.75) is 31.5 Å². The molecule has 2 fully saturated rings. The van der Waals surface area contributed by atoms with Crippen molar-refractivity contribution in [3.63, 3.8) is 0 Å². The highest BCUT2D eigenvalue weighted by Gasteiger charge is 2.29. The summed E-state index contributed by atoms with van der Waals surface area (Å²) >= 11 is 0. The number of aliphatic hydroxyl groups excluding tert-OH is 1. The Balaban J connectivity index is 1.52. The van der Waals surface area contributed by atoms with Crippen molar-refractivity contribution in [1.29, 1.82) is 0 Å². The molecule has 0 aromatic carbocycles. The molecular weight excluding hydrogens is 182 g/mol. The van der Waals surface area contributed by atoms with Crippen LogP contribution in [0.2, 0.25) is 0 Å². The third-order valence-corrected chi connectivity index (χ3v) is 2.86. The lowest BCUT2D eigenvalue weighted by Gasteiger charge is -2.23. The molecule has 1 aliphatic carbocycles. The fraction of sp³-hybridized carbons (Fsp3) is 1.00. The normalized spacial score (nSPS) is 30.2. The van der Waals surface area contributed by atoms with Gasteiger partial charge < -0.3 is 19.9 Å². The highest BCUT2D eigenvalue weighted by molar-refractivity contribution is 4.82. The topological polar surface area (TPSA) is 50.7 Å². The average molecular weight is 201 g/mol. The molecule has 1 saturated heterocycles. The van der Waals surface area contributed by atoms with Gasteiger partial charge in [0.15, 0.2) is 0 Å². The third kappa shape index (κ3) is 3.20. The molecule has 4 nitrogen and oxygen atoms in total. The van der Waals surface area contributed by atoms with Crippen LogP contribution in [0.1, 0.15) is 19.3 Å². The third-order valence-electron chi connectivity index (χ3n) is 2.86. The Labute approximate surface area is 84.6 Å². The van der Waals surface area contributed by atoms with Gasteiger partial charge in [0, 0.05) is 13.1 Å². The maximum absolute atomic E-state index is 9.59. The number of hydrogen-bond acceptors (Lipinski definition) is 4. The van der Waals surface area contributed by atoms with E-state index in [1.54, 1.807) is 0 Å². The Morgan fingerprint density at radius 1 is 1.36 bits per heavy atom. The van der Waals surface area contributed by atoms with Gasteiger partial charge in [0.05, 0.1) is 18.8 Å². The highest BCUT2D eigenvalue weighted by atomic mass is 16.7. The molecule has 1 heterocycles. The van der Waals surface area contributed by atoms with E-state index in [2.05, 4.69) is 5.32 Å². The van der Waals surface area contributed by atoms with Crippen LogP contribution in [0.5, 0.6) is 0 Å². The lowest BCUT2D eigenvalue weighted by atomic mass is 10.2. The molecule has 1 saturated carbocycles. The van der Waals surface area contributed by atoms with Gasteiger partial charge in [0.2, 0.25) is 0 Å². The summed E-state index contributed by atoms with van der Waals surface area (Å²) in [5, 5.41) is 12.8. The van der Waals surface area contributed by atoms with Crippen LogP contribution in [-0.2, 0) is 9.47 Å². The first-order valence-corrected chi connectivity index (χ1v) is 5.44. The van der Waals surface area contributed by atoms with E-state index < -0.39 is 0 Å². The predicted molar refractivity (Wildman–Crippen MR) is 51.9 cm³/mol. The molecule has 0 amide bonds. The molecule has 0 bridgehead atoms. The number of hydrogen-bond donors (Lipinski definition) is 2. The first-order valence-electron chi connectivity index (χ1n) is 5.44. The van der Waals surface area contributed by atoms with E-state index in [0.717, 1.165) is 19.6 Å². The first kappa shape index (κ1) is 10.4. The summed E-state index contributed by atoms with van der Waals surface area (Å²) in [5.41, 5.74) is 0. The van der Waals surface area contributed by atoms with Gasteiger partial charge in [0.1, 0.15) is 6.79 Å². The van der Waals surface area contributed by atoms with Gasteiger partial charge in [-0.25, -0.2) is 0 Å². The van der Waals surface area contributed by atoms with Crippen LogP contribution in [0.15, 0.2) is 0 Å². The second kappa shape index (κ2) is 5.07. The van der Waals surface area contributed by atoms with Crippen LogP contribution in [0.3, 0.4) is 0 Å². The predicted octanol–water partition coefficient (Wildman–Crippen LogP) is 0.110. The monoisotopic (exact) mass is 201 g/mol.